The third-order valence-corrected chi connectivity index (χ3v) is 11.6. The summed E-state index contributed by atoms with van der Waals surface area (Å²) >= 11 is 1.17. The fraction of sp³-hybridized carbons (Fsp3) is 0.885. The van der Waals surface area contributed by atoms with E-state index in [2.05, 4.69) is 18.8 Å². The molecular weight excluding hydrogens is 431 g/mol. The van der Waals surface area contributed by atoms with E-state index in [1.165, 1.54) is 55.2 Å². The highest BCUT2D eigenvalue weighted by molar-refractivity contribution is 7.09. The van der Waals surface area contributed by atoms with Crippen molar-refractivity contribution in [3.8, 4) is 0 Å². The first-order valence-corrected chi connectivity index (χ1v) is 13.5. The maximum absolute atomic E-state index is 12.9. The Hall–Kier alpha value is -0.620. The third-order valence-electron chi connectivity index (χ3n) is 10.7. The van der Waals surface area contributed by atoms with Crippen molar-refractivity contribution in [3.63, 3.8) is 0 Å². The molecular formula is C26H38F3NOS. The van der Waals surface area contributed by atoms with Crippen molar-refractivity contribution >= 4 is 11.3 Å². The second-order valence-electron chi connectivity index (χ2n) is 12.3. The van der Waals surface area contributed by atoms with Gasteiger partial charge in [-0.15, -0.1) is 11.3 Å². The van der Waals surface area contributed by atoms with Crippen molar-refractivity contribution in [2.75, 3.05) is 0 Å². The molecule has 4 fully saturated rings. The molecule has 8 atom stereocenters. The summed E-state index contributed by atoms with van der Waals surface area (Å²) in [5, 5.41) is 12.5. The number of hydrogen-bond donors (Lipinski definition) is 1. The van der Waals surface area contributed by atoms with E-state index in [9.17, 15) is 18.3 Å². The number of aliphatic hydroxyl groups is 1. The van der Waals surface area contributed by atoms with Crippen molar-refractivity contribution in [3.05, 3.63) is 16.1 Å². The molecule has 0 unspecified atom stereocenters. The second-order valence-corrected chi connectivity index (χ2v) is 13.3. The van der Waals surface area contributed by atoms with Crippen LogP contribution < -0.4 is 0 Å². The number of thiazole rings is 1. The first-order valence-electron chi connectivity index (χ1n) is 12.7. The summed E-state index contributed by atoms with van der Waals surface area (Å²) in [6, 6.07) is 0. The highest BCUT2D eigenvalue weighted by atomic mass is 32.1. The van der Waals surface area contributed by atoms with Crippen molar-refractivity contribution in [1.29, 1.82) is 0 Å². The number of halogens is 3. The van der Waals surface area contributed by atoms with Crippen LogP contribution in [0.4, 0.5) is 13.2 Å². The lowest BCUT2D eigenvalue weighted by molar-refractivity contribution is -0.146. The van der Waals surface area contributed by atoms with Crippen LogP contribution in [0.1, 0.15) is 95.7 Å². The van der Waals surface area contributed by atoms with Crippen LogP contribution in [0.15, 0.2) is 5.38 Å². The van der Waals surface area contributed by atoms with Gasteiger partial charge in [0.05, 0.1) is 10.6 Å². The minimum atomic E-state index is -4.33. The molecule has 0 spiro atoms. The van der Waals surface area contributed by atoms with Crippen molar-refractivity contribution < 1.29 is 18.3 Å². The molecule has 5 rings (SSSR count). The lowest BCUT2D eigenvalue weighted by Gasteiger charge is -2.62. The molecule has 32 heavy (non-hydrogen) atoms. The minimum absolute atomic E-state index is 0.328. The van der Waals surface area contributed by atoms with E-state index in [1.807, 2.05) is 6.92 Å². The molecule has 1 aromatic heterocycles. The van der Waals surface area contributed by atoms with Crippen LogP contribution in [-0.2, 0) is 12.6 Å². The quantitative estimate of drug-likeness (QED) is 0.497. The average molecular weight is 470 g/mol. The van der Waals surface area contributed by atoms with E-state index >= 15 is 0 Å². The predicted octanol–water partition coefficient (Wildman–Crippen LogP) is 7.50. The molecule has 4 saturated carbocycles. The number of alkyl halides is 3. The van der Waals surface area contributed by atoms with Crippen molar-refractivity contribution in [2.45, 2.75) is 103 Å². The van der Waals surface area contributed by atoms with Crippen LogP contribution in [0.2, 0.25) is 0 Å². The van der Waals surface area contributed by atoms with Gasteiger partial charge in [0.2, 0.25) is 0 Å². The zero-order chi connectivity index (χ0) is 22.9. The summed E-state index contributed by atoms with van der Waals surface area (Å²) < 4.78 is 38.7. The summed E-state index contributed by atoms with van der Waals surface area (Å²) in [6.07, 6.45) is 7.97. The van der Waals surface area contributed by atoms with Crippen LogP contribution in [-0.4, -0.2) is 15.7 Å². The number of rotatable bonds is 3. The van der Waals surface area contributed by atoms with E-state index in [0.29, 0.717) is 34.1 Å². The zero-order valence-electron chi connectivity index (χ0n) is 19.7. The standard InChI is InChI=1S/C26H38F3NOS/c1-23(31)12-13-25(3)17(14-23)4-7-18-19-8-5-16(24(19,2)11-10-20(18)25)6-9-22-30-21(15-32-22)26(27,28)29/h15-20,31H,4-14H2,1-3H3/t16-,17-,18+,19+,20+,23-,24-,25+/m1/s1. The monoisotopic (exact) mass is 469 g/mol. The van der Waals surface area contributed by atoms with Crippen LogP contribution in [0.25, 0.3) is 0 Å². The highest BCUT2D eigenvalue weighted by Gasteiger charge is 2.60. The van der Waals surface area contributed by atoms with Gasteiger partial charge in [-0.2, -0.15) is 13.2 Å². The molecule has 6 heteroatoms. The molecule has 0 aliphatic heterocycles. The van der Waals surface area contributed by atoms with Gasteiger partial charge in [0, 0.05) is 5.38 Å². The van der Waals surface area contributed by atoms with Crippen molar-refractivity contribution in [2.24, 2.45) is 40.4 Å². The number of aromatic nitrogens is 1. The van der Waals surface area contributed by atoms with Gasteiger partial charge in [-0.25, -0.2) is 4.98 Å². The summed E-state index contributed by atoms with van der Waals surface area (Å²) in [6.45, 7) is 7.05. The molecule has 1 aromatic rings. The minimum Gasteiger partial charge on any atom is -0.390 e. The molecule has 1 heterocycles. The number of hydrogen-bond acceptors (Lipinski definition) is 3. The highest BCUT2D eigenvalue weighted by Crippen LogP contribution is 2.68. The predicted molar refractivity (Wildman–Crippen MR) is 121 cm³/mol. The Morgan fingerprint density at radius 1 is 1.00 bits per heavy atom. The van der Waals surface area contributed by atoms with Gasteiger partial charge >= 0.3 is 6.18 Å². The SMILES string of the molecule is C[C@@]1(O)CC[C@@]2(C)[C@H](CC[C@@H]3[C@@H]2CC[C@]2(C)[C@@H](CCc4nc(C(F)(F)F)cs4)CC[C@@H]32)C1. The third kappa shape index (κ3) is 3.76. The molecule has 4 aliphatic rings. The van der Waals surface area contributed by atoms with E-state index in [4.69, 9.17) is 0 Å². The molecule has 1 N–H and O–H groups in total. The topological polar surface area (TPSA) is 33.1 Å². The van der Waals surface area contributed by atoms with Gasteiger partial charge in [-0.1, -0.05) is 13.8 Å². The number of fused-ring (bicyclic) bond motifs is 5. The molecule has 0 aromatic carbocycles. The number of aryl methyl sites for hydroxylation is 1. The first kappa shape index (κ1) is 23.1. The first-order chi connectivity index (χ1) is 14.9. The molecule has 0 bridgehead atoms. The Bertz CT molecular complexity index is 850. The van der Waals surface area contributed by atoms with Gasteiger partial charge in [-0.3, -0.25) is 0 Å². The number of nitrogens with zero attached hydrogens (tertiary/aromatic N) is 1. The van der Waals surface area contributed by atoms with Crippen LogP contribution >= 0.6 is 11.3 Å². The van der Waals surface area contributed by atoms with E-state index in [-0.39, 0.29) is 0 Å². The van der Waals surface area contributed by atoms with E-state index < -0.39 is 17.5 Å². The Labute approximate surface area is 194 Å². The van der Waals surface area contributed by atoms with Gasteiger partial charge in [0.25, 0.3) is 0 Å². The van der Waals surface area contributed by atoms with E-state index in [1.54, 1.807) is 0 Å². The summed E-state index contributed by atoms with van der Waals surface area (Å²) in [5.74, 6) is 3.59. The molecule has 180 valence electrons. The lowest BCUT2D eigenvalue weighted by Crippen LogP contribution is -2.55. The Morgan fingerprint density at radius 2 is 1.75 bits per heavy atom. The Morgan fingerprint density at radius 3 is 2.47 bits per heavy atom. The van der Waals surface area contributed by atoms with Gasteiger partial charge in [0.15, 0.2) is 5.69 Å². The fourth-order valence-electron chi connectivity index (χ4n) is 8.87. The Balaban J connectivity index is 1.27. The lowest BCUT2D eigenvalue weighted by atomic mass is 9.44. The molecule has 0 radical (unpaired) electrons. The van der Waals surface area contributed by atoms with Gasteiger partial charge in [-0.05, 0) is 118 Å². The maximum atomic E-state index is 12.9. The second kappa shape index (κ2) is 7.69. The summed E-state index contributed by atoms with van der Waals surface area (Å²) in [5.41, 5.74) is -0.515. The van der Waals surface area contributed by atoms with Crippen LogP contribution in [0.5, 0.6) is 0 Å². The van der Waals surface area contributed by atoms with Crippen LogP contribution in [0, 0.1) is 40.4 Å². The molecule has 0 saturated heterocycles. The molecule has 4 aliphatic carbocycles. The summed E-state index contributed by atoms with van der Waals surface area (Å²) in [7, 11) is 0. The summed E-state index contributed by atoms with van der Waals surface area (Å²) in [4.78, 5) is 3.87. The largest absolute Gasteiger partial charge is 0.434 e. The average Bonchev–Trinajstić information content (AvgIpc) is 3.31. The van der Waals surface area contributed by atoms with E-state index in [0.717, 1.165) is 43.4 Å². The molecule has 0 amide bonds. The zero-order valence-corrected chi connectivity index (χ0v) is 20.5. The van der Waals surface area contributed by atoms with Gasteiger partial charge < -0.3 is 5.11 Å². The molecule has 2 nitrogen and oxygen atoms in total. The maximum Gasteiger partial charge on any atom is 0.434 e. The van der Waals surface area contributed by atoms with Crippen LogP contribution in [0.3, 0.4) is 0 Å². The normalized spacial score (nSPS) is 46.4. The van der Waals surface area contributed by atoms with Crippen molar-refractivity contribution in [1.82, 2.24) is 4.98 Å². The van der Waals surface area contributed by atoms with Gasteiger partial charge in [0.1, 0.15) is 0 Å². The fourth-order valence-corrected chi connectivity index (χ4v) is 9.69. The Kier molecular flexibility index (Phi) is 5.56. The smallest absolute Gasteiger partial charge is 0.390 e.